The van der Waals surface area contributed by atoms with Crippen LogP contribution in [-0.2, 0) is 16.1 Å². The number of quaternary nitrogens is 1. The second-order valence-corrected chi connectivity index (χ2v) is 4.73. The molecular weight excluding hydrogens is 270 g/mol. The number of ether oxygens (including phenoxy) is 1. The van der Waals surface area contributed by atoms with E-state index >= 15 is 0 Å². The summed E-state index contributed by atoms with van der Waals surface area (Å²) in [5.74, 6) is -0.423. The van der Waals surface area contributed by atoms with E-state index in [1.54, 1.807) is 24.3 Å². The number of carbonyl (C=O) groups is 1. The number of esters is 1. The molecule has 106 valence electrons. The predicted octanol–water partition coefficient (Wildman–Crippen LogP) is 1.71. The SMILES string of the molecule is CC(=O)OCC[N+]([O-])(CCO)Cc1ccccc1Cl. The molecule has 0 saturated heterocycles. The maximum atomic E-state index is 12.5. The standard InChI is InChI=1S/C13H18ClNO4/c1-11(17)19-9-7-15(18,6-8-16)10-12-4-2-3-5-13(12)14/h2-5,16H,6-10H2,1H3. The highest BCUT2D eigenvalue weighted by Gasteiger charge is 2.19. The van der Waals surface area contributed by atoms with Gasteiger partial charge in [-0.3, -0.25) is 4.79 Å². The summed E-state index contributed by atoms with van der Waals surface area (Å²) in [5.41, 5.74) is 0.718. The first-order chi connectivity index (χ1) is 8.97. The van der Waals surface area contributed by atoms with Gasteiger partial charge in [0.2, 0.25) is 0 Å². The van der Waals surface area contributed by atoms with E-state index < -0.39 is 10.6 Å². The maximum absolute atomic E-state index is 12.5. The fraction of sp³-hybridized carbons (Fsp3) is 0.462. The predicted molar refractivity (Wildman–Crippen MR) is 72.2 cm³/mol. The topological polar surface area (TPSA) is 69.6 Å². The van der Waals surface area contributed by atoms with Gasteiger partial charge in [0.05, 0.1) is 6.61 Å². The molecule has 0 saturated carbocycles. The van der Waals surface area contributed by atoms with Crippen LogP contribution in [-0.4, -0.2) is 42.0 Å². The van der Waals surface area contributed by atoms with E-state index in [9.17, 15) is 10.0 Å². The van der Waals surface area contributed by atoms with Crippen molar-refractivity contribution in [2.75, 3.05) is 26.3 Å². The number of hydrogen-bond donors (Lipinski definition) is 1. The van der Waals surface area contributed by atoms with Crippen molar-refractivity contribution in [3.05, 3.63) is 40.1 Å². The molecule has 0 aliphatic rings. The van der Waals surface area contributed by atoms with E-state index in [2.05, 4.69) is 0 Å². The molecule has 0 radical (unpaired) electrons. The van der Waals surface area contributed by atoms with Crippen LogP contribution >= 0.6 is 11.6 Å². The van der Waals surface area contributed by atoms with E-state index in [4.69, 9.17) is 21.4 Å². The Morgan fingerprint density at radius 1 is 1.42 bits per heavy atom. The lowest BCUT2D eigenvalue weighted by atomic mass is 10.2. The van der Waals surface area contributed by atoms with Gasteiger partial charge in [0.25, 0.3) is 0 Å². The number of hydrogen-bond acceptors (Lipinski definition) is 4. The third-order valence-corrected chi connectivity index (χ3v) is 3.10. The van der Waals surface area contributed by atoms with Crippen LogP contribution in [0.15, 0.2) is 24.3 Å². The fourth-order valence-corrected chi connectivity index (χ4v) is 1.94. The average molecular weight is 288 g/mol. The molecule has 1 N–H and O–H groups in total. The summed E-state index contributed by atoms with van der Waals surface area (Å²) in [4.78, 5) is 10.7. The molecule has 0 aliphatic heterocycles. The lowest BCUT2D eigenvalue weighted by Gasteiger charge is -2.42. The van der Waals surface area contributed by atoms with Crippen LogP contribution in [0.2, 0.25) is 5.02 Å². The second kappa shape index (κ2) is 7.45. The van der Waals surface area contributed by atoms with Crippen LogP contribution < -0.4 is 0 Å². The van der Waals surface area contributed by atoms with Crippen LogP contribution in [0.1, 0.15) is 12.5 Å². The summed E-state index contributed by atoms with van der Waals surface area (Å²) in [6.07, 6.45) is 0. The largest absolute Gasteiger partial charge is 0.632 e. The van der Waals surface area contributed by atoms with Crippen LogP contribution in [0.4, 0.5) is 0 Å². The molecule has 6 heteroatoms. The van der Waals surface area contributed by atoms with Gasteiger partial charge in [-0.2, -0.15) is 0 Å². The van der Waals surface area contributed by atoms with Crippen molar-refractivity contribution < 1.29 is 19.3 Å². The van der Waals surface area contributed by atoms with Crippen LogP contribution in [0.5, 0.6) is 0 Å². The molecule has 1 aromatic rings. The zero-order valence-electron chi connectivity index (χ0n) is 10.8. The molecule has 0 fully saturated rings. The van der Waals surface area contributed by atoms with Crippen molar-refractivity contribution in [3.63, 3.8) is 0 Å². The third-order valence-electron chi connectivity index (χ3n) is 2.73. The zero-order chi connectivity index (χ0) is 14.3. The highest BCUT2D eigenvalue weighted by atomic mass is 35.5. The molecular formula is C13H18ClNO4. The Hall–Kier alpha value is -1.14. The smallest absolute Gasteiger partial charge is 0.302 e. The number of aliphatic hydroxyl groups excluding tert-OH is 1. The molecule has 0 heterocycles. The van der Waals surface area contributed by atoms with Gasteiger partial charge in [-0.15, -0.1) is 0 Å². The first-order valence-electron chi connectivity index (χ1n) is 6.01. The molecule has 1 aromatic carbocycles. The molecule has 0 spiro atoms. The molecule has 0 aliphatic carbocycles. The Morgan fingerprint density at radius 3 is 2.68 bits per heavy atom. The number of hydroxylamine groups is 3. The Morgan fingerprint density at radius 2 is 2.11 bits per heavy atom. The minimum absolute atomic E-state index is 0.0310. The number of halogens is 1. The minimum atomic E-state index is -0.673. The summed E-state index contributed by atoms with van der Waals surface area (Å²) in [5, 5.41) is 22.1. The molecule has 19 heavy (non-hydrogen) atoms. The second-order valence-electron chi connectivity index (χ2n) is 4.32. The number of benzene rings is 1. The van der Waals surface area contributed by atoms with Gasteiger partial charge >= 0.3 is 5.97 Å². The van der Waals surface area contributed by atoms with Gasteiger partial charge < -0.3 is 19.7 Å². The Bertz CT molecular complexity index is 427. The number of carbonyl (C=O) groups excluding carboxylic acids is 1. The Labute approximate surface area is 117 Å². The quantitative estimate of drug-likeness (QED) is 0.471. The van der Waals surface area contributed by atoms with Gasteiger partial charge in [0.15, 0.2) is 0 Å². The molecule has 1 unspecified atom stereocenters. The average Bonchev–Trinajstić information content (AvgIpc) is 2.32. The van der Waals surface area contributed by atoms with E-state index in [1.165, 1.54) is 6.92 Å². The van der Waals surface area contributed by atoms with E-state index in [1.807, 2.05) is 0 Å². The van der Waals surface area contributed by atoms with Gasteiger partial charge in [-0.1, -0.05) is 29.8 Å². The third kappa shape index (κ3) is 5.57. The summed E-state index contributed by atoms with van der Waals surface area (Å²) in [7, 11) is 0. The van der Waals surface area contributed by atoms with Gasteiger partial charge in [0.1, 0.15) is 26.2 Å². The van der Waals surface area contributed by atoms with Gasteiger partial charge in [0, 0.05) is 17.5 Å². The summed E-state index contributed by atoms with van der Waals surface area (Å²) >= 11 is 6.02. The van der Waals surface area contributed by atoms with Crippen molar-refractivity contribution in [3.8, 4) is 0 Å². The lowest BCUT2D eigenvalue weighted by molar-refractivity contribution is -0.894. The summed E-state index contributed by atoms with van der Waals surface area (Å²) in [6, 6.07) is 7.08. The summed E-state index contributed by atoms with van der Waals surface area (Å²) in [6.45, 7) is 1.36. The maximum Gasteiger partial charge on any atom is 0.302 e. The molecule has 5 nitrogen and oxygen atoms in total. The molecule has 0 bridgehead atoms. The Kier molecular flexibility index (Phi) is 6.24. The summed E-state index contributed by atoms with van der Waals surface area (Å²) < 4.78 is 4.11. The first kappa shape index (κ1) is 15.9. The lowest BCUT2D eigenvalue weighted by Crippen LogP contribution is -2.46. The normalized spacial score (nSPS) is 13.9. The van der Waals surface area contributed by atoms with Crippen molar-refractivity contribution in [1.29, 1.82) is 0 Å². The number of aliphatic hydroxyl groups is 1. The van der Waals surface area contributed by atoms with E-state index in [0.29, 0.717) is 5.02 Å². The van der Waals surface area contributed by atoms with E-state index in [-0.39, 0.29) is 32.8 Å². The molecule has 0 amide bonds. The molecule has 0 aromatic heterocycles. The fourth-order valence-electron chi connectivity index (χ4n) is 1.74. The first-order valence-corrected chi connectivity index (χ1v) is 6.39. The van der Waals surface area contributed by atoms with Crippen LogP contribution in [0.25, 0.3) is 0 Å². The number of nitrogens with zero attached hydrogens (tertiary/aromatic N) is 1. The molecule has 1 rings (SSSR count). The van der Waals surface area contributed by atoms with Crippen LogP contribution in [0, 0.1) is 5.21 Å². The van der Waals surface area contributed by atoms with E-state index in [0.717, 1.165) is 5.56 Å². The van der Waals surface area contributed by atoms with Gasteiger partial charge in [-0.05, 0) is 6.07 Å². The highest BCUT2D eigenvalue weighted by Crippen LogP contribution is 2.20. The van der Waals surface area contributed by atoms with Gasteiger partial charge in [-0.25, -0.2) is 0 Å². The monoisotopic (exact) mass is 287 g/mol. The van der Waals surface area contributed by atoms with Crippen molar-refractivity contribution in [2.24, 2.45) is 0 Å². The minimum Gasteiger partial charge on any atom is -0.632 e. The number of rotatable bonds is 7. The zero-order valence-corrected chi connectivity index (χ0v) is 11.6. The Balaban J connectivity index is 2.70. The molecule has 1 atom stereocenters. The van der Waals surface area contributed by atoms with Crippen molar-refractivity contribution in [2.45, 2.75) is 13.5 Å². The van der Waals surface area contributed by atoms with Crippen LogP contribution in [0.3, 0.4) is 0 Å². The van der Waals surface area contributed by atoms with Crippen molar-refractivity contribution in [1.82, 2.24) is 0 Å². The highest BCUT2D eigenvalue weighted by molar-refractivity contribution is 6.31. The van der Waals surface area contributed by atoms with Crippen molar-refractivity contribution >= 4 is 17.6 Å².